The van der Waals surface area contributed by atoms with Crippen molar-refractivity contribution in [2.45, 2.75) is 19.8 Å². The van der Waals surface area contributed by atoms with E-state index >= 15 is 0 Å². The van der Waals surface area contributed by atoms with Crippen molar-refractivity contribution >= 4 is 17.4 Å². The average molecular weight is 368 g/mol. The summed E-state index contributed by atoms with van der Waals surface area (Å²) in [7, 11) is 1.61. The minimum absolute atomic E-state index is 0.128. The number of carbonyl (C=O) groups is 1. The summed E-state index contributed by atoms with van der Waals surface area (Å²) in [5, 5.41) is 6.07. The first-order valence-corrected chi connectivity index (χ1v) is 9.32. The number of aliphatic imine (C=N–C) groups is 1. The summed E-state index contributed by atoms with van der Waals surface area (Å²) in [4.78, 5) is 18.2. The molecule has 1 aromatic carbocycles. The summed E-state index contributed by atoms with van der Waals surface area (Å²) in [5.74, 6) is 0.820. The van der Waals surface area contributed by atoms with E-state index in [1.54, 1.807) is 25.4 Å². The third-order valence-electron chi connectivity index (χ3n) is 5.11. The number of nitrogens with one attached hydrogen (secondary N) is 2. The molecule has 0 aromatic heterocycles. The Hall–Kier alpha value is -2.80. The maximum Gasteiger partial charge on any atom is 0.251 e. The average Bonchev–Trinajstić information content (AvgIpc) is 2.71. The molecule has 0 spiro atoms. The van der Waals surface area contributed by atoms with E-state index in [2.05, 4.69) is 20.5 Å². The predicted octanol–water partition coefficient (Wildman–Crippen LogP) is 1.21. The number of amides is 1. The van der Waals surface area contributed by atoms with E-state index < -0.39 is 0 Å². The number of nitrogens with zero attached hydrogens (tertiary/aromatic N) is 2. The van der Waals surface area contributed by atoms with Gasteiger partial charge in [0.25, 0.3) is 5.91 Å². The van der Waals surface area contributed by atoms with Crippen LogP contribution in [0.15, 0.2) is 46.9 Å². The van der Waals surface area contributed by atoms with Crippen molar-refractivity contribution in [3.63, 3.8) is 0 Å². The van der Waals surface area contributed by atoms with Crippen LogP contribution in [0.25, 0.3) is 5.70 Å². The van der Waals surface area contributed by atoms with Crippen LogP contribution < -0.4 is 22.1 Å². The molecule has 7 heteroatoms. The van der Waals surface area contributed by atoms with Crippen LogP contribution in [0.5, 0.6) is 0 Å². The van der Waals surface area contributed by atoms with Gasteiger partial charge in [-0.3, -0.25) is 4.79 Å². The van der Waals surface area contributed by atoms with Crippen LogP contribution in [0.2, 0.25) is 0 Å². The van der Waals surface area contributed by atoms with Gasteiger partial charge in [-0.2, -0.15) is 0 Å². The number of nitrogens with two attached hydrogens (primary N) is 2. The number of benzene rings is 1. The van der Waals surface area contributed by atoms with Crippen molar-refractivity contribution in [1.29, 1.82) is 0 Å². The standard InChI is InChI=1S/C20H28N6O/c1-13-10-25-19(22)18(26(13)12-14-4-3-9-24-11-14)17(21)15-5-7-16(8-6-15)20(27)23-2/h5-8,10,14,24H,3-4,9,11-12,21H2,1-2H3,(H2,22,25)(H,23,27)/b18-17-/t14-/m1/s1. The highest BCUT2D eigenvalue weighted by molar-refractivity contribution is 6.04. The van der Waals surface area contributed by atoms with Gasteiger partial charge < -0.3 is 27.0 Å². The Morgan fingerprint density at radius 2 is 2.04 bits per heavy atom. The van der Waals surface area contributed by atoms with Crippen LogP contribution in [0.1, 0.15) is 35.7 Å². The lowest BCUT2D eigenvalue weighted by atomic mass is 9.97. The minimum Gasteiger partial charge on any atom is -0.396 e. The maximum absolute atomic E-state index is 11.7. The molecular formula is C20H28N6O. The Morgan fingerprint density at radius 3 is 2.67 bits per heavy atom. The third-order valence-corrected chi connectivity index (χ3v) is 5.11. The van der Waals surface area contributed by atoms with Crippen LogP contribution in [0.3, 0.4) is 0 Å². The molecule has 1 saturated heterocycles. The van der Waals surface area contributed by atoms with E-state index in [-0.39, 0.29) is 5.91 Å². The summed E-state index contributed by atoms with van der Waals surface area (Å²) in [5.41, 5.74) is 16.5. The van der Waals surface area contributed by atoms with Gasteiger partial charge in [0.15, 0.2) is 0 Å². The molecule has 2 aliphatic heterocycles. The molecule has 0 radical (unpaired) electrons. The highest BCUT2D eigenvalue weighted by atomic mass is 16.1. The summed E-state index contributed by atoms with van der Waals surface area (Å²) in [6.07, 6.45) is 4.15. The van der Waals surface area contributed by atoms with Crippen molar-refractivity contribution in [2.75, 3.05) is 26.7 Å². The lowest BCUT2D eigenvalue weighted by molar-refractivity contribution is 0.0963. The molecule has 1 atom stereocenters. The molecule has 1 amide bonds. The van der Waals surface area contributed by atoms with E-state index in [0.29, 0.717) is 23.0 Å². The zero-order valence-corrected chi connectivity index (χ0v) is 16.0. The highest BCUT2D eigenvalue weighted by Crippen LogP contribution is 2.27. The van der Waals surface area contributed by atoms with E-state index in [0.717, 1.165) is 36.6 Å². The Balaban J connectivity index is 1.92. The first kappa shape index (κ1) is 19.0. The van der Waals surface area contributed by atoms with Gasteiger partial charge in [0.2, 0.25) is 0 Å². The van der Waals surface area contributed by atoms with Crippen LogP contribution in [0.4, 0.5) is 0 Å². The van der Waals surface area contributed by atoms with Crippen LogP contribution in [-0.2, 0) is 0 Å². The van der Waals surface area contributed by atoms with Gasteiger partial charge >= 0.3 is 0 Å². The fourth-order valence-electron chi connectivity index (χ4n) is 3.55. The van der Waals surface area contributed by atoms with Crippen molar-refractivity contribution in [3.05, 3.63) is 53.0 Å². The molecule has 7 nitrogen and oxygen atoms in total. The molecule has 0 saturated carbocycles. The molecular weight excluding hydrogens is 340 g/mol. The molecule has 2 heterocycles. The molecule has 27 heavy (non-hydrogen) atoms. The van der Waals surface area contributed by atoms with E-state index in [1.165, 1.54) is 12.8 Å². The summed E-state index contributed by atoms with van der Waals surface area (Å²) in [6.45, 7) is 4.94. The van der Waals surface area contributed by atoms with Gasteiger partial charge in [0, 0.05) is 31.1 Å². The number of hydrogen-bond acceptors (Lipinski definition) is 6. The molecule has 144 valence electrons. The van der Waals surface area contributed by atoms with Crippen molar-refractivity contribution in [1.82, 2.24) is 15.5 Å². The van der Waals surface area contributed by atoms with Gasteiger partial charge in [-0.25, -0.2) is 4.99 Å². The second-order valence-corrected chi connectivity index (χ2v) is 7.03. The number of amidine groups is 1. The molecule has 1 fully saturated rings. The number of rotatable bonds is 4. The molecule has 2 aliphatic rings. The summed E-state index contributed by atoms with van der Waals surface area (Å²) < 4.78 is 0. The van der Waals surface area contributed by atoms with Crippen molar-refractivity contribution in [2.24, 2.45) is 22.4 Å². The SMILES string of the molecule is CNC(=O)c1ccc(/C(N)=C2\C(N)=NC=C(C)N2C[C@@H]2CCCNC2)cc1. The number of piperidine rings is 1. The fraction of sp³-hybridized carbons (Fsp3) is 0.400. The monoisotopic (exact) mass is 368 g/mol. The zero-order chi connectivity index (χ0) is 19.4. The van der Waals surface area contributed by atoms with Crippen LogP contribution in [0, 0.1) is 5.92 Å². The molecule has 1 aromatic rings. The van der Waals surface area contributed by atoms with Gasteiger partial charge in [0.05, 0.1) is 5.70 Å². The Bertz CT molecular complexity index is 787. The normalized spacial score (nSPS) is 22.0. The lowest BCUT2D eigenvalue weighted by Crippen LogP contribution is -2.41. The predicted molar refractivity (Wildman–Crippen MR) is 109 cm³/mol. The molecule has 0 aliphatic carbocycles. The Morgan fingerprint density at radius 1 is 1.33 bits per heavy atom. The van der Waals surface area contributed by atoms with Crippen LogP contribution >= 0.6 is 0 Å². The summed E-state index contributed by atoms with van der Waals surface area (Å²) in [6, 6.07) is 7.20. The molecule has 0 unspecified atom stereocenters. The Kier molecular flexibility index (Phi) is 5.81. The number of carbonyl (C=O) groups excluding carboxylic acids is 1. The quantitative estimate of drug-likeness (QED) is 0.639. The first-order chi connectivity index (χ1) is 13.0. The lowest BCUT2D eigenvalue weighted by Gasteiger charge is -2.35. The zero-order valence-electron chi connectivity index (χ0n) is 16.0. The van der Waals surface area contributed by atoms with Gasteiger partial charge in [0.1, 0.15) is 11.5 Å². The second kappa shape index (κ2) is 8.26. The van der Waals surface area contributed by atoms with Crippen molar-refractivity contribution in [3.8, 4) is 0 Å². The third kappa shape index (κ3) is 4.14. The minimum atomic E-state index is -0.128. The number of hydrogen-bond donors (Lipinski definition) is 4. The van der Waals surface area contributed by atoms with Gasteiger partial charge in [-0.1, -0.05) is 12.1 Å². The van der Waals surface area contributed by atoms with Gasteiger partial charge in [-0.15, -0.1) is 0 Å². The molecule has 0 bridgehead atoms. The molecule has 6 N–H and O–H groups in total. The molecule has 3 rings (SSSR count). The van der Waals surface area contributed by atoms with Crippen molar-refractivity contribution < 1.29 is 4.79 Å². The second-order valence-electron chi connectivity index (χ2n) is 7.03. The van der Waals surface area contributed by atoms with E-state index in [4.69, 9.17) is 11.5 Å². The van der Waals surface area contributed by atoms with Crippen LogP contribution in [-0.4, -0.2) is 43.3 Å². The fourth-order valence-corrected chi connectivity index (χ4v) is 3.55. The summed E-state index contributed by atoms with van der Waals surface area (Å²) >= 11 is 0. The Labute approximate surface area is 160 Å². The largest absolute Gasteiger partial charge is 0.396 e. The highest BCUT2D eigenvalue weighted by Gasteiger charge is 2.26. The smallest absolute Gasteiger partial charge is 0.251 e. The number of allylic oxidation sites excluding steroid dienone is 1. The van der Waals surface area contributed by atoms with Gasteiger partial charge in [-0.05, 0) is 56.5 Å². The maximum atomic E-state index is 11.7. The van der Waals surface area contributed by atoms with E-state index in [1.807, 2.05) is 19.1 Å². The van der Waals surface area contributed by atoms with E-state index in [9.17, 15) is 4.79 Å². The first-order valence-electron chi connectivity index (χ1n) is 9.32. The topological polar surface area (TPSA) is 109 Å².